The van der Waals surface area contributed by atoms with Crippen molar-refractivity contribution < 1.29 is 23.9 Å². The SMILES string of the molecule is CNC(=O)C(COCc1ccccc1)NC(=O)C1CNCC12CN(C(=O)OC(C)(C)C)C2. The van der Waals surface area contributed by atoms with Crippen LogP contribution < -0.4 is 16.0 Å². The fourth-order valence-electron chi connectivity index (χ4n) is 4.18. The molecule has 2 atom stereocenters. The molecule has 9 nitrogen and oxygen atoms in total. The zero-order valence-corrected chi connectivity index (χ0v) is 19.3. The largest absolute Gasteiger partial charge is 0.444 e. The van der Waals surface area contributed by atoms with Crippen LogP contribution in [0.4, 0.5) is 4.79 Å². The van der Waals surface area contributed by atoms with Gasteiger partial charge in [0.15, 0.2) is 0 Å². The zero-order valence-electron chi connectivity index (χ0n) is 19.3. The number of likely N-dealkylation sites (N-methyl/N-ethyl adjacent to an activating group) is 1. The average molecular weight is 447 g/mol. The molecule has 0 saturated carbocycles. The second-order valence-corrected chi connectivity index (χ2v) is 9.56. The van der Waals surface area contributed by atoms with Crippen molar-refractivity contribution in [1.29, 1.82) is 0 Å². The highest BCUT2D eigenvalue weighted by Gasteiger charge is 2.56. The molecule has 176 valence electrons. The highest BCUT2D eigenvalue weighted by Crippen LogP contribution is 2.41. The summed E-state index contributed by atoms with van der Waals surface area (Å²) >= 11 is 0. The first-order chi connectivity index (χ1) is 15.1. The third-order valence-corrected chi connectivity index (χ3v) is 5.82. The van der Waals surface area contributed by atoms with Gasteiger partial charge in [-0.2, -0.15) is 0 Å². The predicted molar refractivity (Wildman–Crippen MR) is 119 cm³/mol. The normalized spacial score (nSPS) is 20.4. The number of ether oxygens (including phenoxy) is 2. The van der Waals surface area contributed by atoms with Crippen LogP contribution in [-0.4, -0.2) is 74.3 Å². The lowest BCUT2D eigenvalue weighted by atomic mass is 9.71. The van der Waals surface area contributed by atoms with E-state index in [4.69, 9.17) is 9.47 Å². The van der Waals surface area contributed by atoms with Crippen LogP contribution in [0.25, 0.3) is 0 Å². The van der Waals surface area contributed by atoms with E-state index >= 15 is 0 Å². The minimum atomic E-state index is -0.795. The first-order valence-corrected chi connectivity index (χ1v) is 11.0. The molecule has 2 unspecified atom stereocenters. The van der Waals surface area contributed by atoms with Crippen molar-refractivity contribution in [2.75, 3.05) is 39.8 Å². The second-order valence-electron chi connectivity index (χ2n) is 9.56. The van der Waals surface area contributed by atoms with E-state index in [0.717, 1.165) is 5.56 Å². The number of nitrogens with one attached hydrogen (secondary N) is 3. The molecule has 1 aromatic carbocycles. The smallest absolute Gasteiger partial charge is 0.410 e. The van der Waals surface area contributed by atoms with Crippen LogP contribution in [0, 0.1) is 11.3 Å². The standard InChI is InChI=1S/C23H34N4O5/c1-22(2,3)32-21(30)27-14-23(15-27)13-25-10-17(23)19(28)26-18(20(29)24-4)12-31-11-16-8-6-5-7-9-16/h5-9,17-18,25H,10-15H2,1-4H3,(H,24,29)(H,26,28). The van der Waals surface area contributed by atoms with E-state index < -0.39 is 11.6 Å². The van der Waals surface area contributed by atoms with Gasteiger partial charge in [-0.3, -0.25) is 9.59 Å². The Morgan fingerprint density at radius 1 is 1.22 bits per heavy atom. The summed E-state index contributed by atoms with van der Waals surface area (Å²) in [5.41, 5.74) is 0.0783. The van der Waals surface area contributed by atoms with Crippen molar-refractivity contribution in [3.05, 3.63) is 35.9 Å². The minimum absolute atomic E-state index is 0.0670. The Balaban J connectivity index is 1.56. The van der Waals surface area contributed by atoms with Crippen LogP contribution in [0.2, 0.25) is 0 Å². The maximum absolute atomic E-state index is 13.1. The fraction of sp³-hybridized carbons (Fsp3) is 0.609. The van der Waals surface area contributed by atoms with Crippen LogP contribution in [0.3, 0.4) is 0 Å². The molecular formula is C23H34N4O5. The average Bonchev–Trinajstić information content (AvgIpc) is 3.16. The van der Waals surface area contributed by atoms with E-state index in [9.17, 15) is 14.4 Å². The van der Waals surface area contributed by atoms with Crippen LogP contribution >= 0.6 is 0 Å². The number of rotatable bonds is 7. The Kier molecular flexibility index (Phi) is 7.40. The Morgan fingerprint density at radius 2 is 1.91 bits per heavy atom. The molecule has 1 spiro atoms. The van der Waals surface area contributed by atoms with Gasteiger partial charge in [-0.05, 0) is 26.3 Å². The summed E-state index contributed by atoms with van der Waals surface area (Å²) in [6.07, 6.45) is -0.369. The number of nitrogens with zero attached hydrogens (tertiary/aromatic N) is 1. The van der Waals surface area contributed by atoms with E-state index in [1.807, 2.05) is 51.1 Å². The summed E-state index contributed by atoms with van der Waals surface area (Å²) in [6.45, 7) is 7.93. The summed E-state index contributed by atoms with van der Waals surface area (Å²) in [5.74, 6) is -0.867. The maximum Gasteiger partial charge on any atom is 0.410 e. The number of amides is 3. The number of carbonyl (C=O) groups is 3. The van der Waals surface area contributed by atoms with Gasteiger partial charge >= 0.3 is 6.09 Å². The number of hydrogen-bond acceptors (Lipinski definition) is 6. The van der Waals surface area contributed by atoms with Crippen LogP contribution in [0.1, 0.15) is 26.3 Å². The molecule has 0 aromatic heterocycles. The van der Waals surface area contributed by atoms with Crippen LogP contribution in [0.15, 0.2) is 30.3 Å². The van der Waals surface area contributed by atoms with E-state index in [2.05, 4.69) is 16.0 Å². The molecule has 3 rings (SSSR count). The summed E-state index contributed by atoms with van der Waals surface area (Å²) in [7, 11) is 1.53. The quantitative estimate of drug-likeness (QED) is 0.574. The molecule has 32 heavy (non-hydrogen) atoms. The maximum atomic E-state index is 13.1. The third kappa shape index (κ3) is 5.77. The molecule has 3 N–H and O–H groups in total. The topological polar surface area (TPSA) is 109 Å². The summed E-state index contributed by atoms with van der Waals surface area (Å²) in [5, 5.41) is 8.70. The molecule has 1 aromatic rings. The third-order valence-electron chi connectivity index (χ3n) is 5.82. The van der Waals surface area contributed by atoms with E-state index in [0.29, 0.717) is 32.8 Å². The molecule has 0 bridgehead atoms. The lowest BCUT2D eigenvalue weighted by Crippen LogP contribution is -2.65. The number of carbonyl (C=O) groups excluding carboxylic acids is 3. The second kappa shape index (κ2) is 9.87. The molecule has 2 aliphatic heterocycles. The Morgan fingerprint density at radius 3 is 2.53 bits per heavy atom. The minimum Gasteiger partial charge on any atom is -0.444 e. The number of hydrogen-bond donors (Lipinski definition) is 3. The van der Waals surface area contributed by atoms with Crippen LogP contribution in [-0.2, 0) is 25.7 Å². The molecule has 0 radical (unpaired) electrons. The van der Waals surface area contributed by atoms with Gasteiger partial charge in [-0.15, -0.1) is 0 Å². The highest BCUT2D eigenvalue weighted by atomic mass is 16.6. The molecule has 0 aliphatic carbocycles. The van der Waals surface area contributed by atoms with Crippen molar-refractivity contribution in [3.8, 4) is 0 Å². The predicted octanol–water partition coefficient (Wildman–Crippen LogP) is 0.891. The summed E-state index contributed by atoms with van der Waals surface area (Å²) < 4.78 is 11.1. The number of benzene rings is 1. The zero-order chi connectivity index (χ0) is 23.4. The molecular weight excluding hydrogens is 412 g/mol. The van der Waals surface area contributed by atoms with Gasteiger partial charge in [-0.1, -0.05) is 30.3 Å². The lowest BCUT2D eigenvalue weighted by molar-refractivity contribution is -0.137. The Bertz CT molecular complexity index is 817. The lowest BCUT2D eigenvalue weighted by Gasteiger charge is -2.50. The summed E-state index contributed by atoms with van der Waals surface area (Å²) in [6, 6.07) is 8.84. The van der Waals surface area contributed by atoms with Crippen molar-refractivity contribution in [2.24, 2.45) is 11.3 Å². The van der Waals surface area contributed by atoms with Gasteiger partial charge in [0.25, 0.3) is 0 Å². The van der Waals surface area contributed by atoms with Gasteiger partial charge in [0.1, 0.15) is 11.6 Å². The van der Waals surface area contributed by atoms with Gasteiger partial charge in [-0.25, -0.2) is 4.79 Å². The van der Waals surface area contributed by atoms with E-state index in [-0.39, 0.29) is 35.8 Å². The van der Waals surface area contributed by atoms with Gasteiger partial charge in [0.2, 0.25) is 11.8 Å². The fourth-order valence-corrected chi connectivity index (χ4v) is 4.18. The first-order valence-electron chi connectivity index (χ1n) is 11.0. The molecule has 9 heteroatoms. The van der Waals surface area contributed by atoms with Gasteiger partial charge < -0.3 is 30.3 Å². The van der Waals surface area contributed by atoms with Crippen molar-refractivity contribution in [2.45, 2.75) is 39.0 Å². The van der Waals surface area contributed by atoms with E-state index in [1.165, 1.54) is 7.05 Å². The Hall–Kier alpha value is -2.65. The summed E-state index contributed by atoms with van der Waals surface area (Å²) in [4.78, 5) is 39.4. The van der Waals surface area contributed by atoms with Crippen molar-refractivity contribution in [3.63, 3.8) is 0 Å². The highest BCUT2D eigenvalue weighted by molar-refractivity contribution is 5.89. The molecule has 3 amide bonds. The van der Waals surface area contributed by atoms with E-state index in [1.54, 1.807) is 4.90 Å². The molecule has 2 fully saturated rings. The van der Waals surface area contributed by atoms with Gasteiger partial charge in [0, 0.05) is 38.6 Å². The monoisotopic (exact) mass is 446 g/mol. The molecule has 2 heterocycles. The van der Waals surface area contributed by atoms with Crippen molar-refractivity contribution >= 4 is 17.9 Å². The van der Waals surface area contributed by atoms with Gasteiger partial charge in [0.05, 0.1) is 19.1 Å². The molecule has 2 aliphatic rings. The Labute approximate surface area is 189 Å². The molecule has 2 saturated heterocycles. The number of likely N-dealkylation sites (tertiary alicyclic amines) is 1. The van der Waals surface area contributed by atoms with Crippen molar-refractivity contribution in [1.82, 2.24) is 20.9 Å². The first kappa shape index (κ1) is 24.0. The van der Waals surface area contributed by atoms with Crippen LogP contribution in [0.5, 0.6) is 0 Å².